The third kappa shape index (κ3) is 3.71. The van der Waals surface area contributed by atoms with Crippen molar-refractivity contribution >= 4 is 11.7 Å². The van der Waals surface area contributed by atoms with E-state index < -0.39 is 23.2 Å². The number of halogens is 2. The summed E-state index contributed by atoms with van der Waals surface area (Å²) in [6.07, 6.45) is 2.87. The van der Waals surface area contributed by atoms with Gasteiger partial charge in [0.05, 0.1) is 11.3 Å². The molecule has 0 spiro atoms. The van der Waals surface area contributed by atoms with E-state index in [0.29, 0.717) is 12.0 Å². The summed E-state index contributed by atoms with van der Waals surface area (Å²) in [5.41, 5.74) is -0.299. The molecule has 3 nitrogen and oxygen atoms in total. The van der Waals surface area contributed by atoms with E-state index in [9.17, 15) is 13.6 Å². The van der Waals surface area contributed by atoms with Crippen LogP contribution < -0.4 is 5.32 Å². The van der Waals surface area contributed by atoms with Gasteiger partial charge in [-0.05, 0) is 36.7 Å². The van der Waals surface area contributed by atoms with Gasteiger partial charge in [0.2, 0.25) is 0 Å². The fraction of sp³-hybridized carbons (Fsp3) is 0.562. The second kappa shape index (κ2) is 5.62. The van der Waals surface area contributed by atoms with Gasteiger partial charge >= 0.3 is 5.97 Å². The number of nitrogens with one attached hydrogen (secondary N) is 1. The third-order valence-electron chi connectivity index (χ3n) is 4.03. The van der Waals surface area contributed by atoms with E-state index in [0.717, 1.165) is 25.3 Å². The summed E-state index contributed by atoms with van der Waals surface area (Å²) in [4.78, 5) is 10.9. The molecule has 116 valence electrons. The molecule has 1 aromatic rings. The number of carboxylic acids is 1. The highest BCUT2D eigenvalue weighted by atomic mass is 19.1. The normalized spacial score (nSPS) is 24.6. The highest BCUT2D eigenvalue weighted by Gasteiger charge is 2.32. The van der Waals surface area contributed by atoms with Crippen LogP contribution in [0.1, 0.15) is 50.4 Å². The Morgan fingerprint density at radius 3 is 2.52 bits per heavy atom. The number of aromatic carboxylic acids is 1. The lowest BCUT2D eigenvalue weighted by atomic mass is 9.70. The topological polar surface area (TPSA) is 49.3 Å². The molecule has 0 aromatic heterocycles. The van der Waals surface area contributed by atoms with Crippen LogP contribution in [0.2, 0.25) is 0 Å². The lowest BCUT2D eigenvalue weighted by molar-refractivity contribution is 0.0691. The lowest BCUT2D eigenvalue weighted by Gasteiger charge is -2.39. The molecule has 21 heavy (non-hydrogen) atoms. The van der Waals surface area contributed by atoms with Gasteiger partial charge in [-0.25, -0.2) is 13.6 Å². The van der Waals surface area contributed by atoms with Crippen LogP contribution in [-0.4, -0.2) is 17.1 Å². The SMILES string of the molecule is CC1CC(Nc2cc(C(=O)O)c(F)cc2F)CC(C)(C)C1. The molecular formula is C16H21F2NO2. The Bertz CT molecular complexity index is 557. The minimum absolute atomic E-state index is 0.0590. The Kier molecular flexibility index (Phi) is 4.21. The summed E-state index contributed by atoms with van der Waals surface area (Å²) in [5.74, 6) is -2.70. The molecule has 0 amide bonds. The number of carboxylic acid groups (broad SMARTS) is 1. The zero-order valence-electron chi connectivity index (χ0n) is 12.5. The van der Waals surface area contributed by atoms with Gasteiger partial charge in [-0.3, -0.25) is 0 Å². The Hall–Kier alpha value is -1.65. The molecule has 0 bridgehead atoms. The zero-order chi connectivity index (χ0) is 15.8. The van der Waals surface area contributed by atoms with E-state index >= 15 is 0 Å². The molecule has 1 saturated carbocycles. The molecule has 2 N–H and O–H groups in total. The van der Waals surface area contributed by atoms with E-state index in [1.807, 2.05) is 0 Å². The number of benzene rings is 1. The highest BCUT2D eigenvalue weighted by molar-refractivity contribution is 5.89. The summed E-state index contributed by atoms with van der Waals surface area (Å²) in [5, 5.41) is 12.0. The van der Waals surface area contributed by atoms with E-state index in [1.54, 1.807) is 0 Å². The van der Waals surface area contributed by atoms with E-state index in [4.69, 9.17) is 5.11 Å². The third-order valence-corrected chi connectivity index (χ3v) is 4.03. The van der Waals surface area contributed by atoms with Gasteiger partial charge in [0.15, 0.2) is 0 Å². The first-order valence-electron chi connectivity index (χ1n) is 7.17. The first-order chi connectivity index (χ1) is 9.68. The summed E-state index contributed by atoms with van der Waals surface area (Å²) < 4.78 is 27.2. The summed E-state index contributed by atoms with van der Waals surface area (Å²) in [6.45, 7) is 6.49. The molecule has 2 unspecified atom stereocenters. The van der Waals surface area contributed by atoms with E-state index in [2.05, 4.69) is 26.1 Å². The van der Waals surface area contributed by atoms with Gasteiger partial charge < -0.3 is 10.4 Å². The smallest absolute Gasteiger partial charge is 0.338 e. The molecular weight excluding hydrogens is 276 g/mol. The fourth-order valence-electron chi connectivity index (χ4n) is 3.50. The summed E-state index contributed by atoms with van der Waals surface area (Å²) in [7, 11) is 0. The predicted molar refractivity (Wildman–Crippen MR) is 77.5 cm³/mol. The number of hydrogen-bond donors (Lipinski definition) is 2. The number of hydrogen-bond acceptors (Lipinski definition) is 2. The van der Waals surface area contributed by atoms with Crippen molar-refractivity contribution < 1.29 is 18.7 Å². The van der Waals surface area contributed by atoms with Crippen molar-refractivity contribution in [3.05, 3.63) is 29.3 Å². The molecule has 0 heterocycles. The molecule has 0 aliphatic heterocycles. The lowest BCUT2D eigenvalue weighted by Crippen LogP contribution is -2.35. The van der Waals surface area contributed by atoms with Crippen LogP contribution in [0.25, 0.3) is 0 Å². The maximum atomic E-state index is 13.8. The first kappa shape index (κ1) is 15.7. The average Bonchev–Trinajstić information content (AvgIpc) is 2.29. The maximum Gasteiger partial charge on any atom is 0.338 e. The number of anilines is 1. The molecule has 2 rings (SSSR count). The monoisotopic (exact) mass is 297 g/mol. The minimum atomic E-state index is -1.40. The van der Waals surface area contributed by atoms with Gasteiger partial charge in [0, 0.05) is 12.1 Å². The van der Waals surface area contributed by atoms with Crippen molar-refractivity contribution in [1.82, 2.24) is 0 Å². The first-order valence-corrected chi connectivity index (χ1v) is 7.17. The van der Waals surface area contributed by atoms with Gasteiger partial charge in [0.25, 0.3) is 0 Å². The van der Waals surface area contributed by atoms with Gasteiger partial charge in [-0.1, -0.05) is 20.8 Å². The maximum absolute atomic E-state index is 13.8. The fourth-order valence-corrected chi connectivity index (χ4v) is 3.50. The van der Waals surface area contributed by atoms with Crippen LogP contribution in [-0.2, 0) is 0 Å². The molecule has 1 aliphatic rings. The summed E-state index contributed by atoms with van der Waals surface area (Å²) in [6, 6.07) is 1.73. The second-order valence-corrected chi connectivity index (χ2v) is 6.87. The van der Waals surface area contributed by atoms with Crippen molar-refractivity contribution in [3.8, 4) is 0 Å². The van der Waals surface area contributed by atoms with Crippen molar-refractivity contribution in [2.45, 2.75) is 46.1 Å². The van der Waals surface area contributed by atoms with Crippen molar-refractivity contribution in [3.63, 3.8) is 0 Å². The van der Waals surface area contributed by atoms with Crippen LogP contribution in [0.3, 0.4) is 0 Å². The van der Waals surface area contributed by atoms with Crippen LogP contribution >= 0.6 is 0 Å². The van der Waals surface area contributed by atoms with E-state index in [1.165, 1.54) is 0 Å². The van der Waals surface area contributed by atoms with Crippen LogP contribution in [0.5, 0.6) is 0 Å². The highest BCUT2D eigenvalue weighted by Crippen LogP contribution is 2.39. The number of rotatable bonds is 3. The van der Waals surface area contributed by atoms with Crippen molar-refractivity contribution in [2.75, 3.05) is 5.32 Å². The Labute approximate surface area is 123 Å². The average molecular weight is 297 g/mol. The largest absolute Gasteiger partial charge is 0.478 e. The quantitative estimate of drug-likeness (QED) is 0.875. The second-order valence-electron chi connectivity index (χ2n) is 6.87. The summed E-state index contributed by atoms with van der Waals surface area (Å²) >= 11 is 0. The Morgan fingerprint density at radius 1 is 1.29 bits per heavy atom. The minimum Gasteiger partial charge on any atom is -0.478 e. The van der Waals surface area contributed by atoms with Gasteiger partial charge in [0.1, 0.15) is 11.6 Å². The van der Waals surface area contributed by atoms with Crippen molar-refractivity contribution in [1.29, 1.82) is 0 Å². The molecule has 1 fully saturated rings. The molecule has 0 radical (unpaired) electrons. The van der Waals surface area contributed by atoms with Gasteiger partial charge in [-0.15, -0.1) is 0 Å². The standard InChI is InChI=1S/C16H21F2NO2/c1-9-4-10(8-16(2,3)7-9)19-14-5-11(15(20)21)12(17)6-13(14)18/h5-6,9-10,19H,4,7-8H2,1-3H3,(H,20,21). The van der Waals surface area contributed by atoms with Crippen LogP contribution in [0, 0.1) is 23.0 Å². The Balaban J connectivity index is 2.23. The molecule has 0 saturated heterocycles. The number of carbonyl (C=O) groups is 1. The van der Waals surface area contributed by atoms with Crippen LogP contribution in [0.15, 0.2) is 12.1 Å². The van der Waals surface area contributed by atoms with E-state index in [-0.39, 0.29) is 17.1 Å². The van der Waals surface area contributed by atoms with Gasteiger partial charge in [-0.2, -0.15) is 0 Å². The molecule has 5 heteroatoms. The molecule has 2 atom stereocenters. The molecule has 1 aliphatic carbocycles. The van der Waals surface area contributed by atoms with Crippen LogP contribution in [0.4, 0.5) is 14.5 Å². The zero-order valence-corrected chi connectivity index (χ0v) is 12.5. The Morgan fingerprint density at radius 2 is 1.95 bits per heavy atom. The van der Waals surface area contributed by atoms with Crippen molar-refractivity contribution in [2.24, 2.45) is 11.3 Å². The molecule has 1 aromatic carbocycles. The predicted octanol–water partition coefficient (Wildman–Crippen LogP) is 4.29.